The average Bonchev–Trinajstić information content (AvgIpc) is 2.48. The van der Waals surface area contributed by atoms with E-state index < -0.39 is 0 Å². The van der Waals surface area contributed by atoms with Crippen molar-refractivity contribution in [3.05, 3.63) is 69.7 Å². The third-order valence-corrected chi connectivity index (χ3v) is 3.44. The molecule has 0 saturated carbocycles. The van der Waals surface area contributed by atoms with Gasteiger partial charge in [0.05, 0.1) is 15.8 Å². The van der Waals surface area contributed by atoms with Gasteiger partial charge in [-0.05, 0) is 36.8 Å². The highest BCUT2D eigenvalue weighted by molar-refractivity contribution is 6.42. The van der Waals surface area contributed by atoms with Gasteiger partial charge in [0, 0.05) is 5.56 Å². The first-order valence-corrected chi connectivity index (χ1v) is 6.68. The highest BCUT2D eigenvalue weighted by atomic mass is 35.5. The van der Waals surface area contributed by atoms with Crippen molar-refractivity contribution in [3.63, 3.8) is 0 Å². The molecule has 0 spiro atoms. The summed E-state index contributed by atoms with van der Waals surface area (Å²) in [5, 5.41) is 4.99. The standard InChI is InChI=1S/C15H12Cl2N2O/c1-10(12-7-8-13(16)14(17)9-12)18-19-15(20)11-5-3-2-4-6-11/h2-9H,1H3,(H,19,20)/b18-10-. The van der Waals surface area contributed by atoms with E-state index in [-0.39, 0.29) is 5.91 Å². The van der Waals surface area contributed by atoms with Gasteiger partial charge in [0.1, 0.15) is 0 Å². The Bertz CT molecular complexity index is 654. The smallest absolute Gasteiger partial charge is 0.267 e. The fourth-order valence-corrected chi connectivity index (χ4v) is 1.87. The van der Waals surface area contributed by atoms with Crippen LogP contribution >= 0.6 is 23.2 Å². The number of rotatable bonds is 3. The summed E-state index contributed by atoms with van der Waals surface area (Å²) >= 11 is 11.8. The average molecular weight is 307 g/mol. The predicted molar refractivity (Wildman–Crippen MR) is 82.6 cm³/mol. The van der Waals surface area contributed by atoms with Crippen molar-refractivity contribution in [1.29, 1.82) is 0 Å². The summed E-state index contributed by atoms with van der Waals surface area (Å²) in [6.45, 7) is 1.78. The SMILES string of the molecule is C/C(=N/NC(=O)c1ccccc1)c1ccc(Cl)c(Cl)c1. The summed E-state index contributed by atoms with van der Waals surface area (Å²) < 4.78 is 0. The van der Waals surface area contributed by atoms with Gasteiger partial charge in [0.2, 0.25) is 0 Å². The number of carbonyl (C=O) groups excluding carboxylic acids is 1. The van der Waals surface area contributed by atoms with E-state index in [4.69, 9.17) is 23.2 Å². The number of nitrogens with one attached hydrogen (secondary N) is 1. The minimum Gasteiger partial charge on any atom is -0.267 e. The molecule has 5 heteroatoms. The van der Waals surface area contributed by atoms with Gasteiger partial charge in [0.15, 0.2) is 0 Å². The molecule has 2 aromatic carbocycles. The molecule has 0 aliphatic carbocycles. The molecule has 1 N–H and O–H groups in total. The molecule has 2 aromatic rings. The number of benzene rings is 2. The second kappa shape index (κ2) is 6.55. The van der Waals surface area contributed by atoms with E-state index >= 15 is 0 Å². The first-order valence-electron chi connectivity index (χ1n) is 5.93. The van der Waals surface area contributed by atoms with E-state index in [1.165, 1.54) is 0 Å². The zero-order valence-corrected chi connectivity index (χ0v) is 12.2. The summed E-state index contributed by atoms with van der Waals surface area (Å²) in [6.07, 6.45) is 0. The van der Waals surface area contributed by atoms with E-state index in [9.17, 15) is 4.79 Å². The number of halogens is 2. The maximum absolute atomic E-state index is 11.8. The number of hydrogen-bond acceptors (Lipinski definition) is 2. The molecule has 1 amide bonds. The first-order chi connectivity index (χ1) is 9.58. The quantitative estimate of drug-likeness (QED) is 0.672. The fraction of sp³-hybridized carbons (Fsp3) is 0.0667. The van der Waals surface area contributed by atoms with E-state index in [1.807, 2.05) is 6.07 Å². The fourth-order valence-electron chi connectivity index (χ4n) is 1.57. The van der Waals surface area contributed by atoms with Crippen LogP contribution in [0.15, 0.2) is 53.6 Å². The van der Waals surface area contributed by atoms with Crippen LogP contribution in [0.4, 0.5) is 0 Å². The van der Waals surface area contributed by atoms with Crippen molar-refractivity contribution < 1.29 is 4.79 Å². The minimum absolute atomic E-state index is 0.259. The Morgan fingerprint density at radius 1 is 1.00 bits per heavy atom. The van der Waals surface area contributed by atoms with Crippen LogP contribution < -0.4 is 5.43 Å². The van der Waals surface area contributed by atoms with Crippen LogP contribution in [0.2, 0.25) is 10.0 Å². The van der Waals surface area contributed by atoms with Crippen LogP contribution in [0, 0.1) is 0 Å². The lowest BCUT2D eigenvalue weighted by Crippen LogP contribution is -2.19. The van der Waals surface area contributed by atoms with Crippen LogP contribution in [0.5, 0.6) is 0 Å². The lowest BCUT2D eigenvalue weighted by atomic mass is 10.1. The van der Waals surface area contributed by atoms with Gasteiger partial charge >= 0.3 is 0 Å². The van der Waals surface area contributed by atoms with E-state index in [2.05, 4.69) is 10.5 Å². The Morgan fingerprint density at radius 2 is 1.70 bits per heavy atom. The topological polar surface area (TPSA) is 41.5 Å². The van der Waals surface area contributed by atoms with Crippen LogP contribution in [0.25, 0.3) is 0 Å². The molecular weight excluding hydrogens is 295 g/mol. The zero-order chi connectivity index (χ0) is 14.5. The Balaban J connectivity index is 2.11. The molecule has 0 aliphatic rings. The molecule has 102 valence electrons. The number of carbonyl (C=O) groups is 1. The molecule has 20 heavy (non-hydrogen) atoms. The van der Waals surface area contributed by atoms with Crippen LogP contribution in [-0.2, 0) is 0 Å². The maximum Gasteiger partial charge on any atom is 0.271 e. The Hall–Kier alpha value is -1.84. The predicted octanol–water partition coefficient (Wildman–Crippen LogP) is 4.15. The second-order valence-electron chi connectivity index (χ2n) is 4.13. The largest absolute Gasteiger partial charge is 0.271 e. The molecule has 0 heterocycles. The summed E-state index contributed by atoms with van der Waals surface area (Å²) in [5.41, 5.74) is 4.50. The Labute approximate surface area is 127 Å². The third-order valence-electron chi connectivity index (χ3n) is 2.70. The van der Waals surface area contributed by atoms with Gasteiger partial charge in [-0.2, -0.15) is 5.10 Å². The van der Waals surface area contributed by atoms with Gasteiger partial charge < -0.3 is 0 Å². The van der Waals surface area contributed by atoms with E-state index in [1.54, 1.807) is 49.4 Å². The Kier molecular flexibility index (Phi) is 4.77. The molecule has 3 nitrogen and oxygen atoms in total. The Morgan fingerprint density at radius 3 is 2.35 bits per heavy atom. The van der Waals surface area contributed by atoms with Gasteiger partial charge in [-0.15, -0.1) is 0 Å². The molecule has 2 rings (SSSR count). The van der Waals surface area contributed by atoms with Gasteiger partial charge in [-0.3, -0.25) is 4.79 Å². The number of hydrazone groups is 1. The highest BCUT2D eigenvalue weighted by Crippen LogP contribution is 2.22. The summed E-state index contributed by atoms with van der Waals surface area (Å²) in [4.78, 5) is 11.8. The molecular formula is C15H12Cl2N2O. The normalized spacial score (nSPS) is 11.2. The second-order valence-corrected chi connectivity index (χ2v) is 4.95. The van der Waals surface area contributed by atoms with E-state index in [0.29, 0.717) is 21.3 Å². The van der Waals surface area contributed by atoms with Crippen molar-refractivity contribution in [2.45, 2.75) is 6.92 Å². The van der Waals surface area contributed by atoms with Crippen LogP contribution in [-0.4, -0.2) is 11.6 Å². The first kappa shape index (κ1) is 14.6. The summed E-state index contributed by atoms with van der Waals surface area (Å²) in [5.74, 6) is -0.259. The molecule has 0 fully saturated rings. The third kappa shape index (κ3) is 3.59. The lowest BCUT2D eigenvalue weighted by Gasteiger charge is -2.04. The van der Waals surface area contributed by atoms with Gasteiger partial charge in [-0.25, -0.2) is 5.43 Å². The molecule has 0 radical (unpaired) electrons. The number of amides is 1. The highest BCUT2D eigenvalue weighted by Gasteiger charge is 2.05. The van der Waals surface area contributed by atoms with Crippen molar-refractivity contribution in [3.8, 4) is 0 Å². The van der Waals surface area contributed by atoms with Crippen molar-refractivity contribution in [1.82, 2.24) is 5.43 Å². The molecule has 0 atom stereocenters. The van der Waals surface area contributed by atoms with Crippen molar-refractivity contribution in [2.75, 3.05) is 0 Å². The molecule has 0 bridgehead atoms. The van der Waals surface area contributed by atoms with Crippen molar-refractivity contribution >= 4 is 34.8 Å². The minimum atomic E-state index is -0.259. The number of nitrogens with zero attached hydrogens (tertiary/aromatic N) is 1. The number of hydrogen-bond donors (Lipinski definition) is 1. The molecule has 0 unspecified atom stereocenters. The summed E-state index contributed by atoms with van der Waals surface area (Å²) in [7, 11) is 0. The molecule has 0 aromatic heterocycles. The lowest BCUT2D eigenvalue weighted by molar-refractivity contribution is 0.0955. The van der Waals surface area contributed by atoms with Gasteiger partial charge in [0.25, 0.3) is 5.91 Å². The zero-order valence-electron chi connectivity index (χ0n) is 10.7. The van der Waals surface area contributed by atoms with Gasteiger partial charge in [-0.1, -0.05) is 47.5 Å². The van der Waals surface area contributed by atoms with Crippen LogP contribution in [0.1, 0.15) is 22.8 Å². The van der Waals surface area contributed by atoms with E-state index in [0.717, 1.165) is 5.56 Å². The van der Waals surface area contributed by atoms with Crippen molar-refractivity contribution in [2.24, 2.45) is 5.10 Å². The molecule has 0 aliphatic heterocycles. The summed E-state index contributed by atoms with van der Waals surface area (Å²) in [6, 6.07) is 14.1. The monoisotopic (exact) mass is 306 g/mol. The van der Waals surface area contributed by atoms with Crippen LogP contribution in [0.3, 0.4) is 0 Å². The molecule has 0 saturated heterocycles. The maximum atomic E-state index is 11.8.